The van der Waals surface area contributed by atoms with Crippen molar-refractivity contribution in [3.63, 3.8) is 0 Å². The molecule has 7 nitrogen and oxygen atoms in total. The van der Waals surface area contributed by atoms with Crippen LogP contribution in [-0.2, 0) is 0 Å². The number of fused-ring (bicyclic) bond motifs is 2. The van der Waals surface area contributed by atoms with Crippen molar-refractivity contribution in [2.24, 2.45) is 0 Å². The fraction of sp³-hybridized carbons (Fsp3) is 0.389. The Hall–Kier alpha value is -2.83. The van der Waals surface area contributed by atoms with Crippen LogP contribution >= 0.6 is 0 Å². The van der Waals surface area contributed by atoms with Gasteiger partial charge in [0.05, 0.1) is 6.04 Å². The van der Waals surface area contributed by atoms with Gasteiger partial charge in [0.1, 0.15) is 19.0 Å². The van der Waals surface area contributed by atoms with Gasteiger partial charge in [-0.3, -0.25) is 0 Å². The molecule has 2 aromatic heterocycles. The highest BCUT2D eigenvalue weighted by molar-refractivity contribution is 5.51. The molecule has 7 heteroatoms. The third-order valence-electron chi connectivity index (χ3n) is 4.90. The third-order valence-corrected chi connectivity index (χ3v) is 4.90. The number of ether oxygens (including phenoxy) is 2. The monoisotopic (exact) mass is 337 g/mol. The molecule has 2 aliphatic heterocycles. The first-order chi connectivity index (χ1) is 12.3. The van der Waals surface area contributed by atoms with Gasteiger partial charge in [0.25, 0.3) is 0 Å². The minimum atomic E-state index is 0.289. The van der Waals surface area contributed by atoms with E-state index in [0.29, 0.717) is 13.2 Å². The van der Waals surface area contributed by atoms with Gasteiger partial charge in [-0.25, -0.2) is 0 Å². The molecular formula is C18H19N5O2. The summed E-state index contributed by atoms with van der Waals surface area (Å²) in [7, 11) is 0. The van der Waals surface area contributed by atoms with E-state index in [-0.39, 0.29) is 6.04 Å². The zero-order valence-corrected chi connectivity index (χ0v) is 14.1. The van der Waals surface area contributed by atoms with Crippen molar-refractivity contribution in [1.82, 2.24) is 19.8 Å². The van der Waals surface area contributed by atoms with E-state index in [1.54, 1.807) is 4.52 Å². The second-order valence-corrected chi connectivity index (χ2v) is 6.46. The molecule has 0 bridgehead atoms. The second kappa shape index (κ2) is 5.61. The topological polar surface area (TPSA) is 64.8 Å². The van der Waals surface area contributed by atoms with Crippen molar-refractivity contribution in [1.29, 1.82) is 0 Å². The van der Waals surface area contributed by atoms with Crippen LogP contribution in [-0.4, -0.2) is 39.6 Å². The lowest BCUT2D eigenvalue weighted by Crippen LogP contribution is -2.24. The van der Waals surface area contributed by atoms with Gasteiger partial charge in [-0.2, -0.15) is 4.52 Å². The van der Waals surface area contributed by atoms with E-state index >= 15 is 0 Å². The SMILES string of the molecule is Cc1nnc2ccc(N3CCC[C@@H]3c3ccc4c(c3)OCCO4)nn12. The summed E-state index contributed by atoms with van der Waals surface area (Å²) in [5.41, 5.74) is 2.01. The fourth-order valence-electron chi connectivity index (χ4n) is 3.69. The Balaban J connectivity index is 1.51. The summed E-state index contributed by atoms with van der Waals surface area (Å²) in [4.78, 5) is 2.35. The molecule has 0 radical (unpaired) electrons. The molecule has 0 aliphatic carbocycles. The van der Waals surface area contributed by atoms with Gasteiger partial charge in [0.2, 0.25) is 0 Å². The van der Waals surface area contributed by atoms with Crippen LogP contribution in [0.3, 0.4) is 0 Å². The van der Waals surface area contributed by atoms with Gasteiger partial charge < -0.3 is 14.4 Å². The maximum atomic E-state index is 5.75. The lowest BCUT2D eigenvalue weighted by molar-refractivity contribution is 0.171. The van der Waals surface area contributed by atoms with Crippen molar-refractivity contribution >= 4 is 11.5 Å². The summed E-state index contributed by atoms with van der Waals surface area (Å²) >= 11 is 0. The third kappa shape index (κ3) is 2.38. The van der Waals surface area contributed by atoms with Crippen LogP contribution in [0.15, 0.2) is 30.3 Å². The van der Waals surface area contributed by atoms with Crippen LogP contribution in [0.5, 0.6) is 11.5 Å². The number of hydrogen-bond acceptors (Lipinski definition) is 6. The Bertz CT molecular complexity index is 938. The molecule has 128 valence electrons. The fourth-order valence-corrected chi connectivity index (χ4v) is 3.69. The molecule has 0 saturated carbocycles. The predicted molar refractivity (Wildman–Crippen MR) is 92.3 cm³/mol. The highest BCUT2D eigenvalue weighted by Gasteiger charge is 2.28. The molecule has 0 N–H and O–H groups in total. The highest BCUT2D eigenvalue weighted by atomic mass is 16.6. The molecule has 3 aromatic rings. The van der Waals surface area contributed by atoms with E-state index in [1.807, 2.05) is 25.1 Å². The smallest absolute Gasteiger partial charge is 0.178 e. The van der Waals surface area contributed by atoms with Crippen LogP contribution in [0.2, 0.25) is 0 Å². The van der Waals surface area contributed by atoms with Crippen molar-refractivity contribution in [2.45, 2.75) is 25.8 Å². The number of benzene rings is 1. The van der Waals surface area contributed by atoms with Crippen LogP contribution in [0.1, 0.15) is 30.3 Å². The summed E-state index contributed by atoms with van der Waals surface area (Å²) in [6, 6.07) is 10.6. The lowest BCUT2D eigenvalue weighted by atomic mass is 10.0. The molecular weight excluding hydrogens is 318 g/mol. The van der Waals surface area contributed by atoms with Gasteiger partial charge in [-0.05, 0) is 49.6 Å². The van der Waals surface area contributed by atoms with Gasteiger partial charge in [0.15, 0.2) is 23.0 Å². The van der Waals surface area contributed by atoms with Gasteiger partial charge in [-0.1, -0.05) is 6.07 Å². The molecule has 4 heterocycles. The molecule has 0 spiro atoms. The Kier molecular flexibility index (Phi) is 3.26. The Morgan fingerprint density at radius 2 is 1.92 bits per heavy atom. The first kappa shape index (κ1) is 14.5. The van der Waals surface area contributed by atoms with Gasteiger partial charge >= 0.3 is 0 Å². The van der Waals surface area contributed by atoms with E-state index in [1.165, 1.54) is 5.56 Å². The summed E-state index contributed by atoms with van der Waals surface area (Å²) < 4.78 is 13.2. The molecule has 0 amide bonds. The average molecular weight is 337 g/mol. The number of aromatic nitrogens is 4. The maximum absolute atomic E-state index is 5.75. The maximum Gasteiger partial charge on any atom is 0.178 e. The molecule has 1 fully saturated rings. The van der Waals surface area contributed by atoms with E-state index in [9.17, 15) is 0 Å². The Morgan fingerprint density at radius 1 is 1.04 bits per heavy atom. The highest BCUT2D eigenvalue weighted by Crippen LogP contribution is 2.39. The average Bonchev–Trinajstić information content (AvgIpc) is 3.28. The molecule has 5 rings (SSSR count). The number of rotatable bonds is 2. The van der Waals surface area contributed by atoms with E-state index in [2.05, 4.69) is 27.2 Å². The zero-order chi connectivity index (χ0) is 16.8. The summed E-state index contributed by atoms with van der Waals surface area (Å²) in [6.07, 6.45) is 2.24. The minimum absolute atomic E-state index is 0.289. The number of anilines is 1. The van der Waals surface area contributed by atoms with Crippen LogP contribution < -0.4 is 14.4 Å². The minimum Gasteiger partial charge on any atom is -0.486 e. The van der Waals surface area contributed by atoms with Gasteiger partial charge in [-0.15, -0.1) is 15.3 Å². The second-order valence-electron chi connectivity index (χ2n) is 6.46. The molecule has 1 atom stereocenters. The molecule has 1 aromatic carbocycles. The summed E-state index contributed by atoms with van der Waals surface area (Å²) in [5.74, 6) is 3.42. The zero-order valence-electron chi connectivity index (χ0n) is 14.1. The number of nitrogens with zero attached hydrogens (tertiary/aromatic N) is 5. The van der Waals surface area contributed by atoms with Crippen LogP contribution in [0.25, 0.3) is 5.65 Å². The van der Waals surface area contributed by atoms with E-state index in [4.69, 9.17) is 14.6 Å². The molecule has 25 heavy (non-hydrogen) atoms. The number of hydrogen-bond donors (Lipinski definition) is 0. The van der Waals surface area contributed by atoms with Crippen molar-refractivity contribution in [3.05, 3.63) is 41.7 Å². The first-order valence-electron chi connectivity index (χ1n) is 8.65. The molecule has 2 aliphatic rings. The van der Waals surface area contributed by atoms with Crippen LogP contribution in [0.4, 0.5) is 5.82 Å². The summed E-state index contributed by atoms with van der Waals surface area (Å²) in [6.45, 7) is 4.12. The van der Waals surface area contributed by atoms with E-state index < -0.39 is 0 Å². The molecule has 1 saturated heterocycles. The lowest BCUT2D eigenvalue weighted by Gasteiger charge is -2.27. The van der Waals surface area contributed by atoms with Crippen molar-refractivity contribution in [2.75, 3.05) is 24.7 Å². The van der Waals surface area contributed by atoms with Crippen molar-refractivity contribution < 1.29 is 9.47 Å². The van der Waals surface area contributed by atoms with Crippen molar-refractivity contribution in [3.8, 4) is 11.5 Å². The number of aryl methyl sites for hydroxylation is 1. The Morgan fingerprint density at radius 3 is 2.84 bits per heavy atom. The first-order valence-corrected chi connectivity index (χ1v) is 8.65. The predicted octanol–water partition coefficient (Wildman–Crippen LogP) is 2.55. The quantitative estimate of drug-likeness (QED) is 0.716. The summed E-state index contributed by atoms with van der Waals surface area (Å²) in [5, 5.41) is 12.9. The molecule has 0 unspecified atom stereocenters. The largest absolute Gasteiger partial charge is 0.486 e. The van der Waals surface area contributed by atoms with E-state index in [0.717, 1.165) is 48.2 Å². The standard InChI is InChI=1S/C18H19N5O2/c1-12-19-20-17-6-7-18(21-23(12)17)22-8-2-3-14(22)13-4-5-15-16(11-13)25-10-9-24-15/h4-7,11,14H,2-3,8-10H2,1H3/t14-/m1/s1. The van der Waals surface area contributed by atoms with Crippen LogP contribution in [0, 0.1) is 6.92 Å². The Labute approximate surface area is 145 Å². The van der Waals surface area contributed by atoms with Gasteiger partial charge in [0, 0.05) is 6.54 Å². The normalized spacial score (nSPS) is 19.6.